The van der Waals surface area contributed by atoms with Crippen LogP contribution in [0, 0.1) is 18.8 Å². The Morgan fingerprint density at radius 3 is 2.84 bits per heavy atom. The monoisotopic (exact) mass is 255 g/mol. The highest BCUT2D eigenvalue weighted by Crippen LogP contribution is 2.17. The highest BCUT2D eigenvalue weighted by Gasteiger charge is 2.01. The van der Waals surface area contributed by atoms with E-state index < -0.39 is 0 Å². The lowest BCUT2D eigenvalue weighted by Gasteiger charge is -2.06. The van der Waals surface area contributed by atoms with Crippen molar-refractivity contribution in [1.29, 1.82) is 0 Å². The molecule has 0 aliphatic heterocycles. The fourth-order valence-electron chi connectivity index (χ4n) is 1.71. The molecule has 0 unspecified atom stereocenters. The van der Waals surface area contributed by atoms with Gasteiger partial charge in [-0.15, -0.1) is 0 Å². The van der Waals surface area contributed by atoms with Gasteiger partial charge in [-0.3, -0.25) is 4.68 Å². The van der Waals surface area contributed by atoms with Crippen molar-refractivity contribution in [1.82, 2.24) is 9.78 Å². The van der Waals surface area contributed by atoms with E-state index in [9.17, 15) is 0 Å². The van der Waals surface area contributed by atoms with Gasteiger partial charge in [0.25, 0.3) is 0 Å². The average molecular weight is 255 g/mol. The fourth-order valence-corrected chi connectivity index (χ4v) is 1.71. The quantitative estimate of drug-likeness (QED) is 0.848. The summed E-state index contributed by atoms with van der Waals surface area (Å²) in [5.41, 5.74) is 8.34. The van der Waals surface area contributed by atoms with Crippen molar-refractivity contribution in [3.05, 3.63) is 47.3 Å². The molecule has 0 radical (unpaired) electrons. The summed E-state index contributed by atoms with van der Waals surface area (Å²) in [6, 6.07) is 7.78. The molecule has 4 nitrogen and oxygen atoms in total. The van der Waals surface area contributed by atoms with Crippen LogP contribution in [-0.2, 0) is 13.7 Å². The highest BCUT2D eigenvalue weighted by atomic mass is 16.5. The molecule has 0 aliphatic carbocycles. The van der Waals surface area contributed by atoms with Gasteiger partial charge < -0.3 is 10.5 Å². The maximum atomic E-state index is 5.70. The lowest BCUT2D eigenvalue weighted by molar-refractivity contribution is 0.300. The van der Waals surface area contributed by atoms with Gasteiger partial charge in [0.15, 0.2) is 0 Å². The van der Waals surface area contributed by atoms with Crippen molar-refractivity contribution in [3.8, 4) is 17.6 Å². The molecule has 4 heteroatoms. The van der Waals surface area contributed by atoms with Gasteiger partial charge in [0, 0.05) is 18.8 Å². The van der Waals surface area contributed by atoms with Crippen molar-refractivity contribution in [2.75, 3.05) is 6.54 Å². The van der Waals surface area contributed by atoms with Crippen LogP contribution in [0.25, 0.3) is 0 Å². The second-order valence-electron chi connectivity index (χ2n) is 4.25. The van der Waals surface area contributed by atoms with Crippen LogP contribution in [-0.4, -0.2) is 16.3 Å². The van der Waals surface area contributed by atoms with E-state index in [1.54, 1.807) is 4.68 Å². The molecular formula is C15H17N3O. The zero-order valence-corrected chi connectivity index (χ0v) is 11.2. The van der Waals surface area contributed by atoms with Gasteiger partial charge in [-0.25, -0.2) is 0 Å². The number of hydrogen-bond acceptors (Lipinski definition) is 3. The van der Waals surface area contributed by atoms with Crippen molar-refractivity contribution < 1.29 is 4.74 Å². The normalized spacial score (nSPS) is 9.84. The Kier molecular flexibility index (Phi) is 4.22. The van der Waals surface area contributed by atoms with E-state index in [0.29, 0.717) is 13.2 Å². The summed E-state index contributed by atoms with van der Waals surface area (Å²) >= 11 is 0. The van der Waals surface area contributed by atoms with Gasteiger partial charge in [-0.05, 0) is 36.8 Å². The number of hydrogen-bond donors (Lipinski definition) is 1. The van der Waals surface area contributed by atoms with Crippen LogP contribution in [0.15, 0.2) is 30.5 Å². The Labute approximate surface area is 113 Å². The topological polar surface area (TPSA) is 53.1 Å². The predicted octanol–water partition coefficient (Wildman–Crippen LogP) is 1.62. The second kappa shape index (κ2) is 6.07. The average Bonchev–Trinajstić information content (AvgIpc) is 2.81. The number of benzene rings is 1. The van der Waals surface area contributed by atoms with Crippen LogP contribution in [0.3, 0.4) is 0 Å². The molecule has 0 bridgehead atoms. The first kappa shape index (κ1) is 13.2. The van der Waals surface area contributed by atoms with Crippen molar-refractivity contribution in [2.45, 2.75) is 13.5 Å². The minimum atomic E-state index is 0.372. The van der Waals surface area contributed by atoms with E-state index >= 15 is 0 Å². The summed E-state index contributed by atoms with van der Waals surface area (Å²) in [5, 5.41) is 4.26. The van der Waals surface area contributed by atoms with Crippen molar-refractivity contribution in [3.63, 3.8) is 0 Å². The maximum Gasteiger partial charge on any atom is 0.132 e. The third kappa shape index (κ3) is 3.60. The Morgan fingerprint density at radius 2 is 2.21 bits per heavy atom. The first-order valence-electron chi connectivity index (χ1n) is 6.10. The predicted molar refractivity (Wildman–Crippen MR) is 74.7 cm³/mol. The molecule has 2 N–H and O–H groups in total. The molecule has 0 saturated heterocycles. The number of rotatable bonds is 3. The Morgan fingerprint density at radius 1 is 1.37 bits per heavy atom. The standard InChI is InChI=1S/C15H17N3O/c1-12-10-15(6-5-13(12)4-3-8-16)19-11-14-7-9-18(2)17-14/h5-7,9-10H,8,11,16H2,1-2H3. The number of aryl methyl sites for hydroxylation is 2. The number of nitrogens with zero attached hydrogens (tertiary/aromatic N) is 2. The van der Waals surface area contributed by atoms with E-state index in [1.165, 1.54) is 0 Å². The van der Waals surface area contributed by atoms with Gasteiger partial charge in [0.2, 0.25) is 0 Å². The summed E-state index contributed by atoms with van der Waals surface area (Å²) in [4.78, 5) is 0. The lowest BCUT2D eigenvalue weighted by Crippen LogP contribution is -1.98. The highest BCUT2D eigenvalue weighted by molar-refractivity contribution is 5.44. The zero-order valence-electron chi connectivity index (χ0n) is 11.2. The zero-order chi connectivity index (χ0) is 13.7. The molecule has 2 rings (SSSR count). The van der Waals surface area contributed by atoms with Crippen molar-refractivity contribution >= 4 is 0 Å². The fraction of sp³-hybridized carbons (Fsp3) is 0.267. The summed E-state index contributed by atoms with van der Waals surface area (Å²) < 4.78 is 7.46. The van der Waals surface area contributed by atoms with Gasteiger partial charge in [0.1, 0.15) is 12.4 Å². The molecule has 0 atom stereocenters. The van der Waals surface area contributed by atoms with Gasteiger partial charge in [-0.2, -0.15) is 5.10 Å². The van der Waals surface area contributed by atoms with E-state index in [2.05, 4.69) is 16.9 Å². The summed E-state index contributed by atoms with van der Waals surface area (Å²) in [6.45, 7) is 2.85. The van der Waals surface area contributed by atoms with Gasteiger partial charge in [0.05, 0.1) is 12.2 Å². The summed E-state index contributed by atoms with van der Waals surface area (Å²) in [5.74, 6) is 6.70. The van der Waals surface area contributed by atoms with Crippen molar-refractivity contribution in [2.24, 2.45) is 12.8 Å². The second-order valence-corrected chi connectivity index (χ2v) is 4.25. The molecule has 0 aliphatic rings. The Balaban J connectivity index is 2.03. The summed E-state index contributed by atoms with van der Waals surface area (Å²) in [6.07, 6.45) is 1.90. The molecule has 19 heavy (non-hydrogen) atoms. The maximum absolute atomic E-state index is 5.70. The molecule has 1 aromatic carbocycles. The van der Waals surface area contributed by atoms with E-state index in [0.717, 1.165) is 22.6 Å². The molecule has 0 fully saturated rings. The van der Waals surface area contributed by atoms with Crippen LogP contribution >= 0.6 is 0 Å². The largest absolute Gasteiger partial charge is 0.487 e. The van der Waals surface area contributed by atoms with E-state index in [4.69, 9.17) is 10.5 Å². The van der Waals surface area contributed by atoms with Crippen LogP contribution in [0.1, 0.15) is 16.8 Å². The van der Waals surface area contributed by atoms with E-state index in [1.807, 2.05) is 44.4 Å². The molecule has 1 heterocycles. The SMILES string of the molecule is Cc1cc(OCc2ccn(C)n2)ccc1C#CCN. The van der Waals surface area contributed by atoms with Crippen LogP contribution < -0.4 is 10.5 Å². The van der Waals surface area contributed by atoms with Crippen LogP contribution in [0.4, 0.5) is 0 Å². The molecular weight excluding hydrogens is 238 g/mol. The Bertz CT molecular complexity index is 620. The lowest BCUT2D eigenvalue weighted by atomic mass is 10.1. The minimum Gasteiger partial charge on any atom is -0.487 e. The van der Waals surface area contributed by atoms with E-state index in [-0.39, 0.29) is 0 Å². The van der Waals surface area contributed by atoms with Gasteiger partial charge >= 0.3 is 0 Å². The van der Waals surface area contributed by atoms with Gasteiger partial charge in [-0.1, -0.05) is 11.8 Å². The first-order valence-corrected chi connectivity index (χ1v) is 6.10. The molecule has 0 spiro atoms. The molecule has 98 valence electrons. The molecule has 2 aromatic rings. The minimum absolute atomic E-state index is 0.372. The summed E-state index contributed by atoms with van der Waals surface area (Å²) in [7, 11) is 1.89. The number of aromatic nitrogens is 2. The van der Waals surface area contributed by atoms with Crippen LogP contribution in [0.5, 0.6) is 5.75 Å². The third-order valence-corrected chi connectivity index (χ3v) is 2.68. The number of nitrogens with two attached hydrogens (primary N) is 1. The molecule has 0 amide bonds. The third-order valence-electron chi connectivity index (χ3n) is 2.68. The van der Waals surface area contributed by atoms with Crippen LogP contribution in [0.2, 0.25) is 0 Å². The molecule has 0 saturated carbocycles. The number of ether oxygens (including phenoxy) is 1. The molecule has 1 aromatic heterocycles. The smallest absolute Gasteiger partial charge is 0.132 e. The first-order chi connectivity index (χ1) is 9.19. The Hall–Kier alpha value is -2.25.